The lowest BCUT2D eigenvalue weighted by molar-refractivity contribution is -0.138. The summed E-state index contributed by atoms with van der Waals surface area (Å²) < 4.78 is 13.6. The van der Waals surface area contributed by atoms with Crippen molar-refractivity contribution >= 4 is 110 Å². The molecule has 6 aromatic rings. The Balaban J connectivity index is 0.905. The van der Waals surface area contributed by atoms with Crippen molar-refractivity contribution in [3.8, 4) is 9.75 Å². The SMILES string of the molecule is COC(=O)NC(C(=O)N1CCCC1C(=O)Nc1cc2sc(-c3cc4sc(NC(=O)C5CCCN5C(=O)C(NC(=O)OC)c5ccccc5)cc4s3)cc2s1)c1ccccc1. The van der Waals surface area contributed by atoms with E-state index in [-0.39, 0.29) is 23.6 Å². The normalized spacial score (nSPS) is 17.3. The third-order valence-electron chi connectivity index (χ3n) is 10.5. The van der Waals surface area contributed by atoms with Crippen molar-refractivity contribution in [2.75, 3.05) is 37.9 Å². The maximum absolute atomic E-state index is 13.8. The van der Waals surface area contributed by atoms with Crippen LogP contribution in [0.4, 0.5) is 19.6 Å². The zero-order valence-corrected chi connectivity index (χ0v) is 35.7. The number of ether oxygens (including phenoxy) is 2. The molecule has 0 radical (unpaired) electrons. The van der Waals surface area contributed by atoms with Gasteiger partial charge in [-0.3, -0.25) is 19.2 Å². The Morgan fingerprint density at radius 1 is 0.567 bits per heavy atom. The second-order valence-corrected chi connectivity index (χ2v) is 18.6. The summed E-state index contributed by atoms with van der Waals surface area (Å²) in [5.41, 5.74) is 1.19. The van der Waals surface area contributed by atoms with E-state index in [0.29, 0.717) is 59.9 Å². The monoisotopic (exact) mass is 884 g/mol. The lowest BCUT2D eigenvalue weighted by atomic mass is 10.0. The number of methoxy groups -OCH3 is 2. The first kappa shape index (κ1) is 40.9. The van der Waals surface area contributed by atoms with Gasteiger partial charge in [-0.1, -0.05) is 60.7 Å². The number of anilines is 2. The van der Waals surface area contributed by atoms with Gasteiger partial charge < -0.3 is 40.5 Å². The standard InChI is InChI=1S/C42H40N6O8S4/c1-55-41(53)45-35(23-11-5-3-6-12-23)39(51)47-17-9-15-25(47)37(49)43-33-21-31-29(59-33)19-27(57-31)28-20-30-32(58-28)22-34(60-30)44-38(50)26-16-10-18-48(26)40(52)36(46-42(54)56-2)24-13-7-4-8-14-24/h3-8,11-14,19-22,25-26,35-36H,9-10,15-18H2,1-2H3,(H,43,49)(H,44,50)(H,45,53)(H,46,54). The molecule has 0 spiro atoms. The van der Waals surface area contributed by atoms with Gasteiger partial charge in [-0.05, 0) is 61.1 Å². The number of alkyl carbamates (subject to hydrolysis) is 2. The molecule has 0 bridgehead atoms. The predicted molar refractivity (Wildman–Crippen MR) is 235 cm³/mol. The number of fused-ring (bicyclic) bond motifs is 2. The smallest absolute Gasteiger partial charge is 0.407 e. The number of hydrogen-bond acceptors (Lipinski definition) is 12. The van der Waals surface area contributed by atoms with E-state index in [1.54, 1.807) is 71.2 Å². The molecule has 18 heteroatoms. The fourth-order valence-corrected chi connectivity index (χ4v) is 12.3. The first-order valence-electron chi connectivity index (χ1n) is 19.2. The maximum atomic E-state index is 13.8. The van der Waals surface area contributed by atoms with Crippen molar-refractivity contribution in [3.05, 3.63) is 96.1 Å². The Kier molecular flexibility index (Phi) is 12.1. The minimum atomic E-state index is -0.992. The van der Waals surface area contributed by atoms with Gasteiger partial charge in [0, 0.05) is 41.6 Å². The Labute approximate surface area is 360 Å². The molecule has 4 unspecified atom stereocenters. The molecule has 4 N–H and O–H groups in total. The number of rotatable bonds is 11. The molecule has 2 saturated heterocycles. The lowest BCUT2D eigenvalue weighted by Gasteiger charge is -2.28. The van der Waals surface area contributed by atoms with Crippen LogP contribution in [0.5, 0.6) is 0 Å². The number of nitrogens with one attached hydrogen (secondary N) is 4. The van der Waals surface area contributed by atoms with Crippen LogP contribution in [0, 0.1) is 0 Å². The highest BCUT2D eigenvalue weighted by Crippen LogP contribution is 2.46. The molecular formula is C42H40N6O8S4. The van der Waals surface area contributed by atoms with Gasteiger partial charge in [0.25, 0.3) is 11.8 Å². The number of carbonyl (C=O) groups is 6. The molecular weight excluding hydrogens is 845 g/mol. The Bertz CT molecular complexity index is 2330. The van der Waals surface area contributed by atoms with Crippen LogP contribution < -0.4 is 21.3 Å². The van der Waals surface area contributed by atoms with Gasteiger partial charge in [-0.15, -0.1) is 45.3 Å². The number of carbonyl (C=O) groups excluding carboxylic acids is 6. The topological polar surface area (TPSA) is 175 Å². The van der Waals surface area contributed by atoms with Crippen molar-refractivity contribution in [1.29, 1.82) is 0 Å². The highest BCUT2D eigenvalue weighted by Gasteiger charge is 2.40. The largest absolute Gasteiger partial charge is 0.453 e. The second kappa shape index (κ2) is 17.8. The lowest BCUT2D eigenvalue weighted by Crippen LogP contribution is -2.48. The van der Waals surface area contributed by atoms with Crippen molar-refractivity contribution in [2.45, 2.75) is 49.9 Å². The highest BCUT2D eigenvalue weighted by molar-refractivity contribution is 7.35. The summed E-state index contributed by atoms with van der Waals surface area (Å²) in [4.78, 5) is 84.3. The van der Waals surface area contributed by atoms with E-state index in [1.165, 1.54) is 46.7 Å². The molecule has 310 valence electrons. The summed E-state index contributed by atoms with van der Waals surface area (Å²) in [6.45, 7) is 0.789. The number of nitrogens with zero attached hydrogens (tertiary/aromatic N) is 2. The van der Waals surface area contributed by atoms with E-state index in [1.807, 2.05) is 24.3 Å². The van der Waals surface area contributed by atoms with E-state index in [2.05, 4.69) is 33.4 Å². The molecule has 4 atom stereocenters. The third-order valence-corrected chi connectivity index (χ3v) is 15.1. The van der Waals surface area contributed by atoms with Crippen LogP contribution >= 0.6 is 45.3 Å². The number of likely N-dealkylation sites (tertiary alicyclic amines) is 2. The van der Waals surface area contributed by atoms with Gasteiger partial charge >= 0.3 is 12.2 Å². The molecule has 14 nitrogen and oxygen atoms in total. The van der Waals surface area contributed by atoms with Gasteiger partial charge in [0.05, 0.1) is 24.2 Å². The molecule has 60 heavy (non-hydrogen) atoms. The van der Waals surface area contributed by atoms with E-state index in [0.717, 1.165) is 28.6 Å². The van der Waals surface area contributed by atoms with Gasteiger partial charge in [0.1, 0.15) is 24.2 Å². The Hall–Kier alpha value is -5.82. The molecule has 6 amide bonds. The summed E-state index contributed by atoms with van der Waals surface area (Å²) in [7, 11) is 2.47. The van der Waals surface area contributed by atoms with Gasteiger partial charge in [0.2, 0.25) is 11.8 Å². The fraction of sp³-hybridized carbons (Fsp3) is 0.286. The zero-order chi connectivity index (χ0) is 41.9. The third kappa shape index (κ3) is 8.58. The summed E-state index contributed by atoms with van der Waals surface area (Å²) in [6.07, 6.45) is 0.858. The van der Waals surface area contributed by atoms with E-state index < -0.39 is 36.4 Å². The molecule has 2 aliphatic heterocycles. The van der Waals surface area contributed by atoms with Crippen molar-refractivity contribution < 1.29 is 38.2 Å². The quantitative estimate of drug-likeness (QED) is 0.101. The first-order chi connectivity index (χ1) is 29.1. The van der Waals surface area contributed by atoms with Crippen LogP contribution in [0.3, 0.4) is 0 Å². The summed E-state index contributed by atoms with van der Waals surface area (Å²) >= 11 is 6.18. The minimum absolute atomic E-state index is 0.277. The predicted octanol–water partition coefficient (Wildman–Crippen LogP) is 7.96. The highest BCUT2D eigenvalue weighted by atomic mass is 32.1. The minimum Gasteiger partial charge on any atom is -0.453 e. The average Bonchev–Trinajstić information content (AvgIpc) is 4.12. The maximum Gasteiger partial charge on any atom is 0.407 e. The average molecular weight is 885 g/mol. The summed E-state index contributed by atoms with van der Waals surface area (Å²) in [6, 6.07) is 22.5. The van der Waals surface area contributed by atoms with Crippen LogP contribution in [0.25, 0.3) is 28.6 Å². The zero-order valence-electron chi connectivity index (χ0n) is 32.4. The summed E-state index contributed by atoms with van der Waals surface area (Å²) in [5, 5.41) is 12.7. The van der Waals surface area contributed by atoms with Crippen LogP contribution in [-0.4, -0.2) is 85.0 Å². The van der Waals surface area contributed by atoms with Gasteiger partial charge in [-0.2, -0.15) is 0 Å². The molecule has 2 aliphatic rings. The van der Waals surface area contributed by atoms with E-state index >= 15 is 0 Å². The van der Waals surface area contributed by atoms with Gasteiger partial charge in [0.15, 0.2) is 0 Å². The molecule has 2 fully saturated rings. The van der Waals surface area contributed by atoms with Crippen molar-refractivity contribution in [2.24, 2.45) is 0 Å². The molecule has 6 heterocycles. The van der Waals surface area contributed by atoms with Crippen molar-refractivity contribution in [3.63, 3.8) is 0 Å². The van der Waals surface area contributed by atoms with E-state index in [4.69, 9.17) is 9.47 Å². The number of thiophene rings is 4. The van der Waals surface area contributed by atoms with Crippen LogP contribution in [0.1, 0.15) is 48.9 Å². The van der Waals surface area contributed by atoms with E-state index in [9.17, 15) is 28.8 Å². The molecule has 2 aromatic carbocycles. The van der Waals surface area contributed by atoms with Gasteiger partial charge in [-0.25, -0.2) is 9.59 Å². The fourth-order valence-electron chi connectivity index (χ4n) is 7.60. The second-order valence-electron chi connectivity index (χ2n) is 14.2. The molecule has 8 rings (SSSR count). The Morgan fingerprint density at radius 3 is 1.32 bits per heavy atom. The number of amides is 6. The molecule has 0 saturated carbocycles. The Morgan fingerprint density at radius 2 is 0.950 bits per heavy atom. The molecule has 4 aromatic heterocycles. The van der Waals surface area contributed by atoms with Crippen molar-refractivity contribution in [1.82, 2.24) is 20.4 Å². The number of hydrogen-bond donors (Lipinski definition) is 4. The van der Waals surface area contributed by atoms with Crippen LogP contribution in [0.15, 0.2) is 84.9 Å². The van der Waals surface area contributed by atoms with Crippen LogP contribution in [-0.2, 0) is 28.7 Å². The molecule has 0 aliphatic carbocycles. The number of benzene rings is 2. The van der Waals surface area contributed by atoms with Crippen LogP contribution in [0.2, 0.25) is 0 Å². The summed E-state index contributed by atoms with van der Waals surface area (Å²) in [5.74, 6) is -1.30. The first-order valence-corrected chi connectivity index (χ1v) is 22.5.